The first-order valence-electron chi connectivity index (χ1n) is 5.88. The minimum absolute atomic E-state index is 0. The van der Waals surface area contributed by atoms with Crippen LogP contribution < -0.4 is 118 Å². The SMILES string of the molecule is O=C([O-])CNC(=O)c1ncc(-c2cccc(F)c2)cc1[O-].[K+].[K+]. The van der Waals surface area contributed by atoms with Gasteiger partial charge >= 0.3 is 103 Å². The van der Waals surface area contributed by atoms with Gasteiger partial charge in [-0.05, 0) is 23.3 Å². The van der Waals surface area contributed by atoms with Crippen LogP contribution in [0, 0.1) is 5.82 Å². The molecule has 0 aliphatic heterocycles. The van der Waals surface area contributed by atoms with Gasteiger partial charge < -0.3 is 20.3 Å². The average Bonchev–Trinajstić information content (AvgIpc) is 2.44. The Morgan fingerprint density at radius 2 is 1.87 bits per heavy atom. The number of amides is 1. The number of carboxylic acid groups (broad SMARTS) is 1. The van der Waals surface area contributed by atoms with Crippen LogP contribution in [0.3, 0.4) is 0 Å². The maximum atomic E-state index is 13.1. The normalized spacial score (nSPS) is 9.26. The molecule has 0 aliphatic rings. The molecule has 0 radical (unpaired) electrons. The number of aliphatic carboxylic acids is 1. The molecule has 0 saturated heterocycles. The van der Waals surface area contributed by atoms with Crippen LogP contribution in [0.15, 0.2) is 36.5 Å². The number of carboxylic acids is 1. The van der Waals surface area contributed by atoms with Crippen LogP contribution in [0.2, 0.25) is 0 Å². The standard InChI is InChI=1S/C14H11FN2O4.2K/c15-10-3-1-2-8(4-10)9-5-11(18)13(16-6-9)14(21)17-7-12(19)20;;/h1-6,18H,7H2,(H,17,21)(H,19,20);;/q;2*+1/p-2. The molecule has 0 bridgehead atoms. The zero-order valence-electron chi connectivity index (χ0n) is 12.6. The van der Waals surface area contributed by atoms with E-state index >= 15 is 0 Å². The number of pyridine rings is 1. The fraction of sp³-hybridized carbons (Fsp3) is 0.0714. The molecule has 108 valence electrons. The van der Waals surface area contributed by atoms with E-state index in [-0.39, 0.29) is 103 Å². The topological polar surface area (TPSA) is 105 Å². The molecule has 0 saturated carbocycles. The van der Waals surface area contributed by atoms with Crippen LogP contribution in [-0.2, 0) is 4.79 Å². The number of hydrogen-bond donors (Lipinski definition) is 1. The fourth-order valence-corrected chi connectivity index (χ4v) is 1.68. The predicted octanol–water partition coefficient (Wildman–Crippen LogP) is -6.55. The van der Waals surface area contributed by atoms with Gasteiger partial charge in [-0.1, -0.05) is 23.9 Å². The van der Waals surface area contributed by atoms with Crippen LogP contribution >= 0.6 is 0 Å². The molecule has 1 amide bonds. The van der Waals surface area contributed by atoms with Gasteiger partial charge in [0.25, 0.3) is 5.91 Å². The summed E-state index contributed by atoms with van der Waals surface area (Å²) in [6.45, 7) is -0.717. The van der Waals surface area contributed by atoms with Crippen molar-refractivity contribution in [3.63, 3.8) is 0 Å². The van der Waals surface area contributed by atoms with Crippen molar-refractivity contribution in [2.75, 3.05) is 6.54 Å². The summed E-state index contributed by atoms with van der Waals surface area (Å²) in [5, 5.41) is 24.0. The van der Waals surface area contributed by atoms with Gasteiger partial charge in [0, 0.05) is 6.20 Å². The molecular formula is C14H9FK2N2O4. The van der Waals surface area contributed by atoms with Crippen LogP contribution in [-0.4, -0.2) is 23.4 Å². The van der Waals surface area contributed by atoms with Crippen LogP contribution in [0.5, 0.6) is 5.75 Å². The molecule has 6 nitrogen and oxygen atoms in total. The number of aromatic nitrogens is 1. The molecule has 1 N–H and O–H groups in total. The number of nitrogens with zero attached hydrogens (tertiary/aromatic N) is 1. The van der Waals surface area contributed by atoms with Gasteiger partial charge in [0.15, 0.2) is 0 Å². The van der Waals surface area contributed by atoms with E-state index in [9.17, 15) is 24.2 Å². The Balaban J connectivity index is 0.00000242. The molecule has 1 aromatic heterocycles. The molecule has 2 rings (SSSR count). The number of carbonyl (C=O) groups is 2. The summed E-state index contributed by atoms with van der Waals surface area (Å²) in [5.41, 5.74) is 0.369. The molecule has 0 atom stereocenters. The van der Waals surface area contributed by atoms with E-state index in [1.54, 1.807) is 6.07 Å². The average molecular weight is 366 g/mol. The Hall–Kier alpha value is 0.313. The summed E-state index contributed by atoms with van der Waals surface area (Å²) in [7, 11) is 0. The third-order valence-corrected chi connectivity index (χ3v) is 2.62. The van der Waals surface area contributed by atoms with E-state index in [0.717, 1.165) is 6.07 Å². The number of nitrogens with one attached hydrogen (secondary N) is 1. The van der Waals surface area contributed by atoms with Gasteiger partial charge in [0.2, 0.25) is 0 Å². The molecule has 0 spiro atoms. The molecule has 0 aliphatic carbocycles. The maximum Gasteiger partial charge on any atom is 1.00 e. The van der Waals surface area contributed by atoms with Gasteiger partial charge in [0.05, 0.1) is 12.5 Å². The third-order valence-electron chi connectivity index (χ3n) is 2.62. The summed E-state index contributed by atoms with van der Waals surface area (Å²) in [5.74, 6) is -3.54. The zero-order valence-corrected chi connectivity index (χ0v) is 18.9. The van der Waals surface area contributed by atoms with Gasteiger partial charge in [0.1, 0.15) is 11.5 Å². The molecule has 23 heavy (non-hydrogen) atoms. The fourth-order valence-electron chi connectivity index (χ4n) is 1.68. The quantitative estimate of drug-likeness (QED) is 0.542. The van der Waals surface area contributed by atoms with Gasteiger partial charge in [-0.15, -0.1) is 0 Å². The van der Waals surface area contributed by atoms with Crippen LogP contribution in [0.25, 0.3) is 11.1 Å². The van der Waals surface area contributed by atoms with Gasteiger partial charge in [-0.3, -0.25) is 9.78 Å². The molecule has 0 unspecified atom stereocenters. The van der Waals surface area contributed by atoms with Crippen molar-refractivity contribution in [1.82, 2.24) is 10.3 Å². The first-order chi connectivity index (χ1) is 9.97. The van der Waals surface area contributed by atoms with Crippen LogP contribution in [0.4, 0.5) is 4.39 Å². The first kappa shape index (κ1) is 23.3. The monoisotopic (exact) mass is 366 g/mol. The number of benzene rings is 1. The molecule has 0 fully saturated rings. The van der Waals surface area contributed by atoms with Crippen molar-refractivity contribution < 1.29 is 127 Å². The smallest absolute Gasteiger partial charge is 0.871 e. The molecule has 2 aromatic rings. The summed E-state index contributed by atoms with van der Waals surface area (Å²) in [4.78, 5) is 25.5. The largest absolute Gasteiger partial charge is 1.00 e. The zero-order chi connectivity index (χ0) is 15.4. The number of carbonyl (C=O) groups excluding carboxylic acids is 2. The van der Waals surface area contributed by atoms with Crippen molar-refractivity contribution in [1.29, 1.82) is 0 Å². The molecular weight excluding hydrogens is 357 g/mol. The second kappa shape index (κ2) is 11.0. The summed E-state index contributed by atoms with van der Waals surface area (Å²) in [6.07, 6.45) is 1.24. The second-order valence-corrected chi connectivity index (χ2v) is 4.14. The third kappa shape index (κ3) is 6.98. The number of halogens is 1. The maximum absolute atomic E-state index is 13.1. The van der Waals surface area contributed by atoms with Crippen molar-refractivity contribution >= 4 is 11.9 Å². The first-order valence-corrected chi connectivity index (χ1v) is 5.88. The van der Waals surface area contributed by atoms with E-state index in [4.69, 9.17) is 0 Å². The predicted molar refractivity (Wildman–Crippen MR) is 66.4 cm³/mol. The van der Waals surface area contributed by atoms with Crippen LogP contribution in [0.1, 0.15) is 10.5 Å². The minimum atomic E-state index is -1.48. The summed E-state index contributed by atoms with van der Waals surface area (Å²) in [6, 6.07) is 6.70. The van der Waals surface area contributed by atoms with Gasteiger partial charge in [-0.2, -0.15) is 0 Å². The second-order valence-electron chi connectivity index (χ2n) is 4.14. The summed E-state index contributed by atoms with van der Waals surface area (Å²) >= 11 is 0. The van der Waals surface area contributed by atoms with Crippen molar-refractivity contribution in [3.05, 3.63) is 48.0 Å². The van der Waals surface area contributed by atoms with E-state index in [0.29, 0.717) is 11.1 Å². The Bertz CT molecular complexity index is 713. The van der Waals surface area contributed by atoms with Crippen molar-refractivity contribution in [2.45, 2.75) is 0 Å². The van der Waals surface area contributed by atoms with E-state index in [2.05, 4.69) is 4.98 Å². The van der Waals surface area contributed by atoms with E-state index in [1.165, 1.54) is 24.4 Å². The number of hydrogen-bond acceptors (Lipinski definition) is 5. The molecule has 1 aromatic carbocycles. The Kier molecular flexibility index (Phi) is 11.2. The van der Waals surface area contributed by atoms with Crippen molar-refractivity contribution in [3.8, 4) is 16.9 Å². The minimum Gasteiger partial charge on any atom is -0.871 e. The van der Waals surface area contributed by atoms with Gasteiger partial charge in [-0.25, -0.2) is 4.39 Å². The van der Waals surface area contributed by atoms with Crippen molar-refractivity contribution in [2.24, 2.45) is 0 Å². The Morgan fingerprint density at radius 3 is 2.43 bits per heavy atom. The van der Waals surface area contributed by atoms with E-state index in [1.807, 2.05) is 5.32 Å². The Labute approximate surface area is 216 Å². The molecule has 9 heteroatoms. The molecule has 1 heterocycles. The Morgan fingerprint density at radius 1 is 1.17 bits per heavy atom. The number of rotatable bonds is 4. The summed E-state index contributed by atoms with van der Waals surface area (Å²) < 4.78 is 13.1. The van der Waals surface area contributed by atoms with E-state index < -0.39 is 35.7 Å².